The summed E-state index contributed by atoms with van der Waals surface area (Å²) in [5, 5.41) is 14.1. The number of alkyl carbamates (subject to hydrolysis) is 1. The average Bonchev–Trinajstić information content (AvgIpc) is 3.43. The molecule has 2 aliphatic rings. The number of fused-ring (bicyclic) bond motifs is 3. The zero-order chi connectivity index (χ0) is 24.5. The lowest BCUT2D eigenvalue weighted by Gasteiger charge is -2.40. The number of nitrogens with zero attached hydrogens (tertiary/aromatic N) is 2. The second-order valence-electron chi connectivity index (χ2n) is 8.90. The topological polar surface area (TPSA) is 109 Å². The van der Waals surface area contributed by atoms with Gasteiger partial charge in [0, 0.05) is 30.3 Å². The molecule has 1 fully saturated rings. The van der Waals surface area contributed by atoms with Crippen molar-refractivity contribution in [2.24, 2.45) is 11.8 Å². The number of carboxylic acid groups (broad SMARTS) is 1. The lowest BCUT2D eigenvalue weighted by Crippen LogP contribution is -2.53. The third-order valence-corrected chi connectivity index (χ3v) is 7.64. The predicted molar refractivity (Wildman–Crippen MR) is 130 cm³/mol. The van der Waals surface area contributed by atoms with Crippen LogP contribution in [0.1, 0.15) is 39.5 Å². The molecule has 3 aromatic rings. The Morgan fingerprint density at radius 1 is 1.11 bits per heavy atom. The van der Waals surface area contributed by atoms with E-state index in [0.717, 1.165) is 11.1 Å². The molecule has 0 radical (unpaired) electrons. The van der Waals surface area contributed by atoms with Crippen LogP contribution in [0.4, 0.5) is 4.79 Å². The van der Waals surface area contributed by atoms with Gasteiger partial charge in [-0.3, -0.25) is 9.59 Å². The maximum Gasteiger partial charge on any atom is 0.407 e. The molecule has 2 aromatic carbocycles. The molecule has 0 saturated carbocycles. The number of likely N-dealkylation sites (tertiary alicyclic amines) is 1. The van der Waals surface area contributed by atoms with Crippen LogP contribution in [0, 0.1) is 11.8 Å². The molecule has 1 saturated heterocycles. The molecule has 8 nitrogen and oxygen atoms in total. The second-order valence-corrected chi connectivity index (χ2v) is 9.85. The summed E-state index contributed by atoms with van der Waals surface area (Å²) in [6.07, 6.45) is -0.539. The van der Waals surface area contributed by atoms with Crippen LogP contribution in [-0.4, -0.2) is 52.7 Å². The van der Waals surface area contributed by atoms with E-state index in [1.165, 1.54) is 22.5 Å². The van der Waals surface area contributed by atoms with Crippen LogP contribution >= 0.6 is 11.3 Å². The van der Waals surface area contributed by atoms with Gasteiger partial charge in [0.25, 0.3) is 5.91 Å². The Morgan fingerprint density at radius 3 is 2.37 bits per heavy atom. The standard InChI is InChI=1S/C26H25N3O5S/c1-15(25(31)32)16-11-29(12-16)24(30)22-14-35-23(28-22)10-27-26(33)34-13-21-19-8-4-2-6-17(19)18-7-3-5-9-20(18)21/h2-9,14-16,21H,10-13H2,1H3,(H,27,33)(H,31,32). The monoisotopic (exact) mass is 491 g/mol. The first-order valence-electron chi connectivity index (χ1n) is 11.5. The van der Waals surface area contributed by atoms with Crippen LogP contribution in [0.15, 0.2) is 53.9 Å². The van der Waals surface area contributed by atoms with Gasteiger partial charge in [-0.25, -0.2) is 9.78 Å². The van der Waals surface area contributed by atoms with Crippen molar-refractivity contribution < 1.29 is 24.2 Å². The van der Waals surface area contributed by atoms with Crippen molar-refractivity contribution in [3.63, 3.8) is 0 Å². The van der Waals surface area contributed by atoms with E-state index < -0.39 is 18.0 Å². The minimum atomic E-state index is -0.850. The maximum absolute atomic E-state index is 12.6. The number of thiazole rings is 1. The van der Waals surface area contributed by atoms with Crippen LogP contribution in [0.3, 0.4) is 0 Å². The average molecular weight is 492 g/mol. The normalized spacial score (nSPS) is 15.6. The third kappa shape index (κ3) is 4.51. The molecule has 2 heterocycles. The summed E-state index contributed by atoms with van der Waals surface area (Å²) >= 11 is 1.29. The molecule has 1 aliphatic heterocycles. The summed E-state index contributed by atoms with van der Waals surface area (Å²) in [6.45, 7) is 2.87. The quantitative estimate of drug-likeness (QED) is 0.518. The number of hydrogen-bond donors (Lipinski definition) is 2. The molecule has 5 rings (SSSR count). The Hall–Kier alpha value is -3.72. The van der Waals surface area contributed by atoms with E-state index in [-0.39, 0.29) is 30.9 Å². The Bertz CT molecular complexity index is 1240. The fourth-order valence-electron chi connectivity index (χ4n) is 4.65. The molecular formula is C26H25N3O5S. The van der Waals surface area contributed by atoms with E-state index >= 15 is 0 Å². The molecule has 1 atom stereocenters. The molecule has 0 spiro atoms. The Kier molecular flexibility index (Phi) is 6.25. The van der Waals surface area contributed by atoms with Gasteiger partial charge < -0.3 is 20.1 Å². The zero-order valence-electron chi connectivity index (χ0n) is 19.1. The van der Waals surface area contributed by atoms with Gasteiger partial charge in [-0.2, -0.15) is 0 Å². The van der Waals surface area contributed by atoms with Gasteiger partial charge in [0.05, 0.1) is 12.5 Å². The van der Waals surface area contributed by atoms with Crippen molar-refractivity contribution in [2.45, 2.75) is 19.4 Å². The lowest BCUT2D eigenvalue weighted by molar-refractivity contribution is -0.144. The Balaban J connectivity index is 1.12. The smallest absolute Gasteiger partial charge is 0.407 e. The number of carbonyl (C=O) groups is 3. The van der Waals surface area contributed by atoms with Gasteiger partial charge in [0.2, 0.25) is 0 Å². The largest absolute Gasteiger partial charge is 0.481 e. The summed E-state index contributed by atoms with van der Waals surface area (Å²) in [5.41, 5.74) is 4.94. The van der Waals surface area contributed by atoms with Gasteiger partial charge in [-0.1, -0.05) is 55.5 Å². The fourth-order valence-corrected chi connectivity index (χ4v) is 5.35. The number of benzene rings is 2. The number of hydrogen-bond acceptors (Lipinski definition) is 6. The molecule has 2 N–H and O–H groups in total. The Labute approximate surface area is 206 Å². The van der Waals surface area contributed by atoms with Crippen molar-refractivity contribution in [2.75, 3.05) is 19.7 Å². The highest BCUT2D eigenvalue weighted by Crippen LogP contribution is 2.44. The van der Waals surface area contributed by atoms with E-state index in [9.17, 15) is 14.4 Å². The van der Waals surface area contributed by atoms with Crippen LogP contribution in [0.25, 0.3) is 11.1 Å². The zero-order valence-corrected chi connectivity index (χ0v) is 20.0. The van der Waals surface area contributed by atoms with E-state index in [1.807, 2.05) is 24.3 Å². The van der Waals surface area contributed by atoms with E-state index in [0.29, 0.717) is 23.8 Å². The van der Waals surface area contributed by atoms with Crippen molar-refractivity contribution in [3.8, 4) is 11.1 Å². The molecule has 1 unspecified atom stereocenters. The van der Waals surface area contributed by atoms with E-state index in [2.05, 4.69) is 34.6 Å². The van der Waals surface area contributed by atoms with Gasteiger partial charge in [0.1, 0.15) is 17.3 Å². The van der Waals surface area contributed by atoms with Gasteiger partial charge in [-0.15, -0.1) is 11.3 Å². The van der Waals surface area contributed by atoms with E-state index in [1.54, 1.807) is 17.2 Å². The second kappa shape index (κ2) is 9.50. The summed E-state index contributed by atoms with van der Waals surface area (Å²) in [5.74, 6) is -1.60. The van der Waals surface area contributed by atoms with Gasteiger partial charge in [0.15, 0.2) is 0 Å². The van der Waals surface area contributed by atoms with Crippen molar-refractivity contribution >= 4 is 29.3 Å². The first kappa shape index (κ1) is 23.0. The van der Waals surface area contributed by atoms with Crippen molar-refractivity contribution in [1.82, 2.24) is 15.2 Å². The maximum atomic E-state index is 12.6. The molecule has 2 amide bonds. The molecule has 1 aliphatic carbocycles. The van der Waals surface area contributed by atoms with Crippen LogP contribution in [0.2, 0.25) is 0 Å². The first-order valence-corrected chi connectivity index (χ1v) is 12.4. The highest BCUT2D eigenvalue weighted by Gasteiger charge is 2.38. The third-order valence-electron chi connectivity index (χ3n) is 6.79. The highest BCUT2D eigenvalue weighted by molar-refractivity contribution is 7.09. The summed E-state index contributed by atoms with van der Waals surface area (Å²) in [6, 6.07) is 16.3. The summed E-state index contributed by atoms with van der Waals surface area (Å²) in [4.78, 5) is 42.0. The van der Waals surface area contributed by atoms with Crippen LogP contribution < -0.4 is 5.32 Å². The van der Waals surface area contributed by atoms with Crippen molar-refractivity contribution in [3.05, 3.63) is 75.7 Å². The minimum absolute atomic E-state index is 0.0126. The molecular weight excluding hydrogens is 466 g/mol. The highest BCUT2D eigenvalue weighted by atomic mass is 32.1. The fraction of sp³-hybridized carbons (Fsp3) is 0.308. The van der Waals surface area contributed by atoms with Crippen molar-refractivity contribution in [1.29, 1.82) is 0 Å². The molecule has 1 aromatic heterocycles. The number of nitrogens with one attached hydrogen (secondary N) is 1. The molecule has 9 heteroatoms. The van der Waals surface area contributed by atoms with Crippen LogP contribution in [-0.2, 0) is 16.1 Å². The Morgan fingerprint density at radius 2 is 1.74 bits per heavy atom. The van der Waals surface area contributed by atoms with Crippen LogP contribution in [0.5, 0.6) is 0 Å². The number of ether oxygens (including phenoxy) is 1. The van der Waals surface area contributed by atoms with Gasteiger partial charge >= 0.3 is 12.1 Å². The number of carboxylic acids is 1. The molecule has 180 valence electrons. The minimum Gasteiger partial charge on any atom is -0.481 e. The van der Waals surface area contributed by atoms with E-state index in [4.69, 9.17) is 9.84 Å². The number of carbonyl (C=O) groups excluding carboxylic acids is 2. The lowest BCUT2D eigenvalue weighted by atomic mass is 9.87. The molecule has 35 heavy (non-hydrogen) atoms. The summed E-state index contributed by atoms with van der Waals surface area (Å²) in [7, 11) is 0. The first-order chi connectivity index (χ1) is 16.9. The number of aliphatic carboxylic acids is 1. The predicted octanol–water partition coefficient (Wildman–Crippen LogP) is 3.97. The molecule has 0 bridgehead atoms. The SMILES string of the molecule is CC(C(=O)O)C1CN(C(=O)c2csc(CNC(=O)OCC3c4ccccc4-c4ccccc43)n2)C1. The van der Waals surface area contributed by atoms with Gasteiger partial charge in [-0.05, 0) is 22.3 Å². The number of rotatable bonds is 7. The number of amides is 2. The number of aromatic nitrogens is 1. The summed E-state index contributed by atoms with van der Waals surface area (Å²) < 4.78 is 5.54.